The lowest BCUT2D eigenvalue weighted by atomic mass is 10.1. The monoisotopic (exact) mass is 472 g/mol. The second kappa shape index (κ2) is 9.04. The van der Waals surface area contributed by atoms with Crippen LogP contribution in [0.2, 0.25) is 0 Å². The topological polar surface area (TPSA) is 57.7 Å². The van der Waals surface area contributed by atoms with E-state index in [2.05, 4.69) is 15.2 Å². The van der Waals surface area contributed by atoms with Crippen LogP contribution in [0.4, 0.5) is 35.2 Å². The van der Waals surface area contributed by atoms with Crippen molar-refractivity contribution in [2.75, 3.05) is 36.4 Å². The summed E-state index contributed by atoms with van der Waals surface area (Å²) in [5.74, 6) is 0.129. The summed E-state index contributed by atoms with van der Waals surface area (Å²) in [5, 5.41) is 3.05. The molecular weight excluding hydrogens is 445 g/mol. The van der Waals surface area contributed by atoms with E-state index >= 15 is 0 Å². The Labute approximate surface area is 196 Å². The number of benzene rings is 2. The third kappa shape index (κ3) is 5.52. The van der Waals surface area contributed by atoms with E-state index in [1.54, 1.807) is 35.2 Å². The van der Waals surface area contributed by atoms with Gasteiger partial charge in [-0.2, -0.15) is 13.2 Å². The third-order valence-corrected chi connectivity index (χ3v) is 5.46. The summed E-state index contributed by atoms with van der Waals surface area (Å²) in [5.41, 5.74) is 0.626. The number of hydrogen-bond donors (Lipinski definition) is 1. The van der Waals surface area contributed by atoms with Crippen LogP contribution in [0, 0.1) is 0 Å². The first-order valence-corrected chi connectivity index (χ1v) is 11.1. The zero-order chi connectivity index (χ0) is 24.5. The lowest BCUT2D eigenvalue weighted by molar-refractivity contribution is -0.136. The number of anilines is 3. The molecule has 0 bridgehead atoms. The van der Waals surface area contributed by atoms with Crippen molar-refractivity contribution < 1.29 is 22.7 Å². The van der Waals surface area contributed by atoms with E-state index in [-0.39, 0.29) is 22.8 Å². The Morgan fingerprint density at radius 2 is 1.62 bits per heavy atom. The summed E-state index contributed by atoms with van der Waals surface area (Å²) in [6.07, 6.45) is -4.79. The Morgan fingerprint density at radius 1 is 0.971 bits per heavy atom. The van der Waals surface area contributed by atoms with E-state index in [9.17, 15) is 18.0 Å². The first kappa shape index (κ1) is 23.7. The molecule has 3 aromatic rings. The van der Waals surface area contributed by atoms with Gasteiger partial charge < -0.3 is 19.9 Å². The van der Waals surface area contributed by atoms with Gasteiger partial charge in [-0.05, 0) is 57.2 Å². The summed E-state index contributed by atoms with van der Waals surface area (Å²) in [7, 11) is 0. The molecule has 0 radical (unpaired) electrons. The summed E-state index contributed by atoms with van der Waals surface area (Å²) in [6, 6.07) is 14.7. The molecular formula is C25H27F3N4O2. The highest BCUT2D eigenvalue weighted by atomic mass is 19.4. The van der Waals surface area contributed by atoms with Crippen LogP contribution in [-0.2, 0) is 10.9 Å². The molecule has 2 heterocycles. The predicted octanol–water partition coefficient (Wildman–Crippen LogP) is 6.05. The number of pyridine rings is 1. The molecule has 180 valence electrons. The Hall–Kier alpha value is -3.49. The van der Waals surface area contributed by atoms with Gasteiger partial charge in [0.05, 0.1) is 11.1 Å². The van der Waals surface area contributed by atoms with Crippen LogP contribution in [-0.4, -0.2) is 47.8 Å². The fourth-order valence-electron chi connectivity index (χ4n) is 3.85. The predicted molar refractivity (Wildman–Crippen MR) is 126 cm³/mol. The van der Waals surface area contributed by atoms with Crippen molar-refractivity contribution in [1.82, 2.24) is 9.88 Å². The van der Waals surface area contributed by atoms with Crippen LogP contribution in [0.3, 0.4) is 0 Å². The Kier molecular flexibility index (Phi) is 6.29. The molecule has 1 N–H and O–H groups in total. The standard InChI is InChI=1S/C25H27F3N4O2/c1-24(2,3)34-23(33)32-14-12-31(13-15-32)18-10-8-17(9-11-18)29-22-16-20(25(26,27)28)19-6-4-5-7-21(19)30-22/h4-11,16H,12-15H2,1-3H3,(H,29,30). The highest BCUT2D eigenvalue weighted by Crippen LogP contribution is 2.36. The quantitative estimate of drug-likeness (QED) is 0.503. The number of carbonyl (C=O) groups excluding carboxylic acids is 1. The number of aromatic nitrogens is 1. The van der Waals surface area contributed by atoms with Crippen LogP contribution >= 0.6 is 0 Å². The highest BCUT2D eigenvalue weighted by molar-refractivity contribution is 5.85. The van der Waals surface area contributed by atoms with Gasteiger partial charge in [0.2, 0.25) is 0 Å². The fraction of sp³-hybridized carbons (Fsp3) is 0.360. The Morgan fingerprint density at radius 3 is 2.24 bits per heavy atom. The molecule has 1 aromatic heterocycles. The van der Waals surface area contributed by atoms with Crippen molar-refractivity contribution in [1.29, 1.82) is 0 Å². The smallest absolute Gasteiger partial charge is 0.417 e. The largest absolute Gasteiger partial charge is 0.444 e. The van der Waals surface area contributed by atoms with Crippen molar-refractivity contribution in [3.63, 3.8) is 0 Å². The molecule has 1 saturated heterocycles. The van der Waals surface area contributed by atoms with Gasteiger partial charge in [0.25, 0.3) is 0 Å². The summed E-state index contributed by atoms with van der Waals surface area (Å²) in [4.78, 5) is 20.4. The van der Waals surface area contributed by atoms with Gasteiger partial charge >= 0.3 is 12.3 Å². The van der Waals surface area contributed by atoms with Crippen molar-refractivity contribution in [3.05, 3.63) is 60.2 Å². The average molecular weight is 473 g/mol. The summed E-state index contributed by atoms with van der Waals surface area (Å²) < 4.78 is 46.1. The molecule has 0 saturated carbocycles. The molecule has 4 rings (SSSR count). The first-order chi connectivity index (χ1) is 16.0. The average Bonchev–Trinajstić information content (AvgIpc) is 2.77. The molecule has 0 aliphatic carbocycles. The van der Waals surface area contributed by atoms with E-state index < -0.39 is 17.3 Å². The van der Waals surface area contributed by atoms with E-state index in [1.165, 1.54) is 6.07 Å². The van der Waals surface area contributed by atoms with Crippen molar-refractivity contribution in [2.45, 2.75) is 32.5 Å². The van der Waals surface area contributed by atoms with Gasteiger partial charge in [0.15, 0.2) is 0 Å². The van der Waals surface area contributed by atoms with Crippen molar-refractivity contribution in [2.24, 2.45) is 0 Å². The number of hydrogen-bond acceptors (Lipinski definition) is 5. The number of fused-ring (bicyclic) bond motifs is 1. The van der Waals surface area contributed by atoms with Crippen LogP contribution in [0.15, 0.2) is 54.6 Å². The lowest BCUT2D eigenvalue weighted by Gasteiger charge is -2.36. The molecule has 0 atom stereocenters. The highest BCUT2D eigenvalue weighted by Gasteiger charge is 2.33. The zero-order valence-corrected chi connectivity index (χ0v) is 19.3. The third-order valence-electron chi connectivity index (χ3n) is 5.46. The maximum Gasteiger partial charge on any atom is 0.417 e. The van der Waals surface area contributed by atoms with Gasteiger partial charge in [-0.25, -0.2) is 9.78 Å². The molecule has 1 fully saturated rings. The molecule has 1 aliphatic heterocycles. The van der Waals surface area contributed by atoms with Gasteiger partial charge in [0.1, 0.15) is 11.4 Å². The molecule has 1 aliphatic rings. The molecule has 2 aromatic carbocycles. The molecule has 9 heteroatoms. The number of nitrogens with zero attached hydrogens (tertiary/aromatic N) is 3. The van der Waals surface area contributed by atoms with E-state index in [0.29, 0.717) is 31.9 Å². The number of amides is 1. The van der Waals surface area contributed by atoms with Crippen LogP contribution in [0.25, 0.3) is 10.9 Å². The molecule has 0 spiro atoms. The van der Waals surface area contributed by atoms with E-state index in [1.807, 2.05) is 32.9 Å². The van der Waals surface area contributed by atoms with Crippen molar-refractivity contribution >= 4 is 34.2 Å². The fourth-order valence-corrected chi connectivity index (χ4v) is 3.85. The number of halogens is 3. The molecule has 1 amide bonds. The minimum atomic E-state index is -4.48. The van der Waals surface area contributed by atoms with Gasteiger partial charge in [0, 0.05) is 42.9 Å². The summed E-state index contributed by atoms with van der Waals surface area (Å²) >= 11 is 0. The van der Waals surface area contributed by atoms with Crippen LogP contribution in [0.5, 0.6) is 0 Å². The zero-order valence-electron chi connectivity index (χ0n) is 19.3. The Bertz CT molecular complexity index is 1170. The lowest BCUT2D eigenvalue weighted by Crippen LogP contribution is -2.50. The van der Waals surface area contributed by atoms with E-state index in [4.69, 9.17) is 4.74 Å². The number of para-hydroxylation sites is 1. The number of piperazine rings is 1. The molecule has 34 heavy (non-hydrogen) atoms. The molecule has 6 nitrogen and oxygen atoms in total. The number of carbonyl (C=O) groups is 1. The second-order valence-corrected chi connectivity index (χ2v) is 9.20. The SMILES string of the molecule is CC(C)(C)OC(=O)N1CCN(c2ccc(Nc3cc(C(F)(F)F)c4ccccc4n3)cc2)CC1. The minimum absolute atomic E-state index is 0.0708. The number of alkyl halides is 3. The molecule has 0 unspecified atom stereocenters. The first-order valence-electron chi connectivity index (χ1n) is 11.1. The number of ether oxygens (including phenoxy) is 1. The Balaban J connectivity index is 1.43. The summed E-state index contributed by atoms with van der Waals surface area (Å²) in [6.45, 7) is 7.95. The normalized spacial score (nSPS) is 14.9. The van der Waals surface area contributed by atoms with Gasteiger partial charge in [-0.15, -0.1) is 0 Å². The van der Waals surface area contributed by atoms with E-state index in [0.717, 1.165) is 11.8 Å². The van der Waals surface area contributed by atoms with Gasteiger partial charge in [-0.1, -0.05) is 18.2 Å². The number of nitrogens with one attached hydrogen (secondary N) is 1. The van der Waals surface area contributed by atoms with Gasteiger partial charge in [-0.3, -0.25) is 0 Å². The maximum absolute atomic E-state index is 13.6. The van der Waals surface area contributed by atoms with Crippen LogP contribution < -0.4 is 10.2 Å². The minimum Gasteiger partial charge on any atom is -0.444 e. The van der Waals surface area contributed by atoms with Crippen molar-refractivity contribution in [3.8, 4) is 0 Å². The van der Waals surface area contributed by atoms with Crippen LogP contribution in [0.1, 0.15) is 26.3 Å². The second-order valence-electron chi connectivity index (χ2n) is 9.20. The number of rotatable bonds is 3. The maximum atomic E-state index is 13.6.